The van der Waals surface area contributed by atoms with Crippen molar-refractivity contribution in [3.05, 3.63) is 60.6 Å². The first-order valence-electron chi connectivity index (χ1n) is 8.72. The summed E-state index contributed by atoms with van der Waals surface area (Å²) >= 11 is 0. The lowest BCUT2D eigenvalue weighted by Crippen LogP contribution is -2.13. The number of aromatic nitrogens is 4. The maximum absolute atomic E-state index is 12.7. The van der Waals surface area contributed by atoms with Crippen molar-refractivity contribution < 1.29 is 28.2 Å². The Hall–Kier alpha value is -4.19. The molecule has 0 aliphatic heterocycles. The van der Waals surface area contributed by atoms with Crippen molar-refractivity contribution >= 4 is 27.3 Å². The zero-order chi connectivity index (χ0) is 22.2. The van der Waals surface area contributed by atoms with Gasteiger partial charge in [-0.3, -0.25) is 4.72 Å². The molecule has 0 bridgehead atoms. The number of hydrogen-bond donors (Lipinski definition) is 3. The van der Waals surface area contributed by atoms with E-state index < -0.39 is 21.7 Å². The summed E-state index contributed by atoms with van der Waals surface area (Å²) in [7, 11) is -2.80. The summed E-state index contributed by atoms with van der Waals surface area (Å²) in [5, 5.41) is 23.7. The van der Waals surface area contributed by atoms with Crippen LogP contribution in [-0.4, -0.2) is 51.3 Å². The Kier molecular flexibility index (Phi) is 4.91. The van der Waals surface area contributed by atoms with Crippen LogP contribution < -0.4 is 4.72 Å². The number of fused-ring (bicyclic) bond motifs is 1. The average molecular weight is 441 g/mol. The van der Waals surface area contributed by atoms with Crippen molar-refractivity contribution in [3.63, 3.8) is 0 Å². The molecule has 2 heterocycles. The van der Waals surface area contributed by atoms with Crippen LogP contribution in [0.2, 0.25) is 0 Å². The van der Waals surface area contributed by atoms with E-state index in [0.29, 0.717) is 16.8 Å². The van der Waals surface area contributed by atoms with Crippen LogP contribution in [0, 0.1) is 0 Å². The zero-order valence-electron chi connectivity index (χ0n) is 15.9. The van der Waals surface area contributed by atoms with Crippen molar-refractivity contribution in [2.75, 3.05) is 11.8 Å². The molecule has 158 valence electrons. The third-order valence-electron chi connectivity index (χ3n) is 4.42. The number of nitrogens with zero attached hydrogens (tertiary/aromatic N) is 4. The highest BCUT2D eigenvalue weighted by Gasteiger charge is 2.18. The third-order valence-corrected chi connectivity index (χ3v) is 5.81. The van der Waals surface area contributed by atoms with E-state index in [1.54, 1.807) is 12.1 Å². The highest BCUT2D eigenvalue weighted by Crippen LogP contribution is 2.28. The van der Waals surface area contributed by atoms with Gasteiger partial charge in [-0.05, 0) is 29.8 Å². The van der Waals surface area contributed by atoms with Crippen LogP contribution in [0.1, 0.15) is 10.4 Å². The van der Waals surface area contributed by atoms with Crippen LogP contribution >= 0.6 is 0 Å². The van der Waals surface area contributed by atoms with Gasteiger partial charge in [-0.25, -0.2) is 18.2 Å². The van der Waals surface area contributed by atoms with Crippen molar-refractivity contribution in [2.24, 2.45) is 0 Å². The predicted octanol–water partition coefficient (Wildman–Crippen LogP) is 1.79. The number of rotatable bonds is 5. The molecule has 0 atom stereocenters. The maximum Gasteiger partial charge on any atom is 0.341 e. The largest absolute Gasteiger partial charge is 0.507 e. The number of carbonyl (C=O) groups excluding carboxylic acids is 1. The minimum Gasteiger partial charge on any atom is -0.507 e. The molecule has 4 rings (SSSR count). The number of sulfonamides is 1. The minimum absolute atomic E-state index is 0.0262. The van der Waals surface area contributed by atoms with Gasteiger partial charge >= 0.3 is 12.0 Å². The number of carbonyl (C=O) groups is 1. The van der Waals surface area contributed by atoms with E-state index in [1.165, 1.54) is 43.9 Å². The fourth-order valence-corrected chi connectivity index (χ4v) is 3.96. The fourth-order valence-electron chi connectivity index (χ4n) is 2.91. The lowest BCUT2D eigenvalue weighted by molar-refractivity contribution is 0.0597. The third kappa shape index (κ3) is 3.71. The van der Waals surface area contributed by atoms with Gasteiger partial charge in [-0.2, -0.15) is 14.6 Å². The molecule has 0 amide bonds. The summed E-state index contributed by atoms with van der Waals surface area (Å²) < 4.78 is 33.4. The number of ether oxygens (including phenoxy) is 1. The van der Waals surface area contributed by atoms with E-state index in [2.05, 4.69) is 24.5 Å². The van der Waals surface area contributed by atoms with Gasteiger partial charge in [0.1, 0.15) is 17.6 Å². The molecule has 0 spiro atoms. The van der Waals surface area contributed by atoms with Crippen molar-refractivity contribution in [1.29, 1.82) is 0 Å². The number of esters is 1. The van der Waals surface area contributed by atoms with E-state index in [4.69, 9.17) is 0 Å². The second kappa shape index (κ2) is 7.57. The Morgan fingerprint density at radius 1 is 1.10 bits per heavy atom. The molecule has 0 saturated heterocycles. The Morgan fingerprint density at radius 3 is 2.52 bits per heavy atom. The van der Waals surface area contributed by atoms with Crippen LogP contribution in [0.3, 0.4) is 0 Å². The number of aromatic hydroxyl groups is 2. The molecule has 0 saturated carbocycles. The molecule has 0 fully saturated rings. The topological polar surface area (TPSA) is 156 Å². The van der Waals surface area contributed by atoms with Crippen LogP contribution in [0.4, 0.5) is 5.69 Å². The highest BCUT2D eigenvalue weighted by molar-refractivity contribution is 7.92. The molecular formula is C19H15N5O6S. The Morgan fingerprint density at radius 2 is 1.84 bits per heavy atom. The van der Waals surface area contributed by atoms with Gasteiger partial charge in [0.15, 0.2) is 5.65 Å². The summed E-state index contributed by atoms with van der Waals surface area (Å²) in [4.78, 5) is 19.2. The van der Waals surface area contributed by atoms with Crippen molar-refractivity contribution in [2.45, 2.75) is 4.90 Å². The van der Waals surface area contributed by atoms with Crippen LogP contribution in [-0.2, 0) is 14.8 Å². The number of phenolic OH excluding ortho intramolecular Hbond substituents is 1. The molecular weight excluding hydrogens is 426 g/mol. The second-order valence-electron chi connectivity index (χ2n) is 6.32. The highest BCUT2D eigenvalue weighted by atomic mass is 32.2. The predicted molar refractivity (Wildman–Crippen MR) is 108 cm³/mol. The smallest absolute Gasteiger partial charge is 0.341 e. The molecule has 0 unspecified atom stereocenters. The number of methoxy groups -OCH3 is 1. The first-order chi connectivity index (χ1) is 14.8. The summed E-state index contributed by atoms with van der Waals surface area (Å²) in [5.41, 5.74) is 1.56. The molecule has 0 aliphatic rings. The lowest BCUT2D eigenvalue weighted by atomic mass is 10.1. The van der Waals surface area contributed by atoms with Gasteiger partial charge in [-0.15, -0.1) is 0 Å². The van der Waals surface area contributed by atoms with E-state index in [-0.39, 0.29) is 22.2 Å². The number of nitrogens with one attached hydrogen (secondary N) is 1. The first kappa shape index (κ1) is 20.1. The standard InChI is InChI=1S/C19H15N5O6S/c1-30-18(26)14-7-4-12(8-16(14)25)23-31(28,29)13-5-2-11(3-6-13)15-9-22-24-17(15)20-10-21-19(24)27/h2-10,23,25H,1H3,(H,20,21,27). The van der Waals surface area contributed by atoms with Gasteiger partial charge in [-0.1, -0.05) is 12.1 Å². The van der Waals surface area contributed by atoms with Crippen molar-refractivity contribution in [3.8, 4) is 22.9 Å². The van der Waals surface area contributed by atoms with Crippen LogP contribution in [0.15, 0.2) is 59.9 Å². The Bertz CT molecular complexity index is 1400. The summed E-state index contributed by atoms with van der Waals surface area (Å²) in [6.07, 6.45) is 2.68. The van der Waals surface area contributed by atoms with E-state index in [0.717, 1.165) is 10.6 Å². The summed E-state index contributed by atoms with van der Waals surface area (Å²) in [5.74, 6) is -1.16. The molecule has 11 nitrogen and oxygen atoms in total. The normalized spacial score (nSPS) is 11.4. The van der Waals surface area contributed by atoms with Crippen LogP contribution in [0.5, 0.6) is 11.8 Å². The van der Waals surface area contributed by atoms with E-state index in [1.807, 2.05) is 0 Å². The summed E-state index contributed by atoms with van der Waals surface area (Å²) in [6, 6.07) is 9.32. The maximum atomic E-state index is 12.7. The summed E-state index contributed by atoms with van der Waals surface area (Å²) in [6.45, 7) is 0. The number of hydrogen-bond acceptors (Lipinski definition) is 9. The number of phenols is 1. The lowest BCUT2D eigenvalue weighted by Gasteiger charge is -2.10. The zero-order valence-corrected chi connectivity index (χ0v) is 16.7. The molecule has 2 aromatic heterocycles. The molecule has 2 aromatic carbocycles. The van der Waals surface area contributed by atoms with Gasteiger partial charge in [0.25, 0.3) is 10.0 Å². The molecule has 0 aliphatic carbocycles. The van der Waals surface area contributed by atoms with Gasteiger partial charge in [0.2, 0.25) is 0 Å². The van der Waals surface area contributed by atoms with Gasteiger partial charge in [0, 0.05) is 11.6 Å². The van der Waals surface area contributed by atoms with Crippen LogP contribution in [0.25, 0.3) is 16.8 Å². The second-order valence-corrected chi connectivity index (χ2v) is 8.00. The first-order valence-corrected chi connectivity index (χ1v) is 10.2. The van der Waals surface area contributed by atoms with Gasteiger partial charge < -0.3 is 14.9 Å². The quantitative estimate of drug-likeness (QED) is 0.393. The molecule has 31 heavy (non-hydrogen) atoms. The molecule has 0 radical (unpaired) electrons. The monoisotopic (exact) mass is 441 g/mol. The Labute approximate surface area is 175 Å². The number of benzene rings is 2. The fraction of sp³-hybridized carbons (Fsp3) is 0.0526. The average Bonchev–Trinajstić information content (AvgIpc) is 3.19. The Balaban J connectivity index is 1.60. The minimum atomic E-state index is -3.97. The van der Waals surface area contributed by atoms with Crippen molar-refractivity contribution in [1.82, 2.24) is 19.6 Å². The number of anilines is 1. The van der Waals surface area contributed by atoms with E-state index >= 15 is 0 Å². The molecule has 3 N–H and O–H groups in total. The molecule has 4 aromatic rings. The van der Waals surface area contributed by atoms with E-state index in [9.17, 15) is 23.4 Å². The molecule has 12 heteroatoms. The SMILES string of the molecule is COC(=O)c1ccc(NS(=O)(=O)c2ccc(-c3cnn4c(O)ncnc34)cc2)cc1O. The van der Waals surface area contributed by atoms with Gasteiger partial charge in [0.05, 0.1) is 23.9 Å².